The molecule has 0 bridgehead atoms. The summed E-state index contributed by atoms with van der Waals surface area (Å²) >= 11 is 0. The molecule has 0 saturated heterocycles. The van der Waals surface area contributed by atoms with Gasteiger partial charge in [-0.2, -0.15) is 0 Å². The minimum absolute atomic E-state index is 0.152. The number of carbonyl (C=O) groups is 2. The van der Waals surface area contributed by atoms with E-state index in [0.29, 0.717) is 6.29 Å². The molecule has 15 heavy (non-hydrogen) atoms. The molecule has 1 N–H and O–H groups in total. The number of ether oxygens (including phenoxy) is 1. The van der Waals surface area contributed by atoms with Crippen molar-refractivity contribution in [2.45, 2.75) is 0 Å². The molecule has 0 unspecified atom stereocenters. The quantitative estimate of drug-likeness (QED) is 0.745. The maximum absolute atomic E-state index is 11.1. The Bertz CT molecular complexity index is 387. The summed E-state index contributed by atoms with van der Waals surface area (Å²) in [6.07, 6.45) is -0.0272. The summed E-state index contributed by atoms with van der Waals surface area (Å²) in [6.45, 7) is 0. The van der Waals surface area contributed by atoms with E-state index in [1.807, 2.05) is 0 Å². The van der Waals surface area contributed by atoms with Gasteiger partial charge < -0.3 is 14.7 Å². The Morgan fingerprint density at radius 1 is 1.47 bits per heavy atom. The van der Waals surface area contributed by atoms with Crippen molar-refractivity contribution in [2.24, 2.45) is 0 Å². The first-order chi connectivity index (χ1) is 7.04. The van der Waals surface area contributed by atoms with Crippen molar-refractivity contribution in [3.8, 4) is 11.5 Å². The van der Waals surface area contributed by atoms with Gasteiger partial charge in [0.1, 0.15) is 11.5 Å². The standard InChI is InChI=1S/C10H11NO4/c1-11(2)10(14)15-8-4-3-7(6-12)9(13)5-8/h3-6,13H,1-2H3. The molecule has 5 heteroatoms. The van der Waals surface area contributed by atoms with Crippen molar-refractivity contribution in [3.05, 3.63) is 23.8 Å². The van der Waals surface area contributed by atoms with Crippen molar-refractivity contribution in [1.82, 2.24) is 4.90 Å². The lowest BCUT2D eigenvalue weighted by atomic mass is 10.2. The molecule has 0 aliphatic rings. The van der Waals surface area contributed by atoms with Crippen LogP contribution in [0.4, 0.5) is 4.79 Å². The Kier molecular flexibility index (Phi) is 3.28. The number of aromatic hydroxyl groups is 1. The van der Waals surface area contributed by atoms with Crippen molar-refractivity contribution in [2.75, 3.05) is 14.1 Å². The molecule has 0 aromatic heterocycles. The highest BCUT2D eigenvalue weighted by atomic mass is 16.6. The van der Waals surface area contributed by atoms with Crippen LogP contribution in [0.1, 0.15) is 10.4 Å². The van der Waals surface area contributed by atoms with Crippen LogP contribution in [0.2, 0.25) is 0 Å². The van der Waals surface area contributed by atoms with Gasteiger partial charge in [0.15, 0.2) is 6.29 Å². The van der Waals surface area contributed by atoms with Crippen LogP contribution in [0.5, 0.6) is 11.5 Å². The molecule has 0 heterocycles. The molecule has 5 nitrogen and oxygen atoms in total. The molecule has 1 aromatic carbocycles. The second-order valence-corrected chi connectivity index (χ2v) is 3.10. The van der Waals surface area contributed by atoms with E-state index in [9.17, 15) is 14.7 Å². The van der Waals surface area contributed by atoms with Crippen LogP contribution in [-0.2, 0) is 0 Å². The van der Waals surface area contributed by atoms with E-state index < -0.39 is 6.09 Å². The molecule has 1 amide bonds. The highest BCUT2D eigenvalue weighted by Gasteiger charge is 2.08. The lowest BCUT2D eigenvalue weighted by Gasteiger charge is -2.10. The zero-order valence-electron chi connectivity index (χ0n) is 8.43. The van der Waals surface area contributed by atoms with E-state index in [-0.39, 0.29) is 17.1 Å². The zero-order chi connectivity index (χ0) is 11.4. The van der Waals surface area contributed by atoms with E-state index >= 15 is 0 Å². The second kappa shape index (κ2) is 4.45. The molecule has 1 aromatic rings. The summed E-state index contributed by atoms with van der Waals surface area (Å²) in [4.78, 5) is 22.8. The molecule has 1 rings (SSSR count). The summed E-state index contributed by atoms with van der Waals surface area (Å²) in [5, 5.41) is 9.31. The Balaban J connectivity index is 2.84. The fourth-order valence-corrected chi connectivity index (χ4v) is 0.879. The molecule has 0 aliphatic heterocycles. The SMILES string of the molecule is CN(C)C(=O)Oc1ccc(C=O)c(O)c1. The van der Waals surface area contributed by atoms with Gasteiger partial charge in [0, 0.05) is 20.2 Å². The molecule has 0 fully saturated rings. The molecule has 0 saturated carbocycles. The van der Waals surface area contributed by atoms with Crippen LogP contribution >= 0.6 is 0 Å². The first-order valence-corrected chi connectivity index (χ1v) is 4.22. The van der Waals surface area contributed by atoms with Crippen molar-refractivity contribution < 1.29 is 19.4 Å². The first kappa shape index (κ1) is 11.0. The minimum Gasteiger partial charge on any atom is -0.507 e. The number of rotatable bonds is 2. The monoisotopic (exact) mass is 209 g/mol. The number of phenols is 1. The Morgan fingerprint density at radius 3 is 2.60 bits per heavy atom. The van der Waals surface area contributed by atoms with Crippen LogP contribution in [0.3, 0.4) is 0 Å². The predicted octanol–water partition coefficient (Wildman–Crippen LogP) is 1.27. The molecule has 80 valence electrons. The average molecular weight is 209 g/mol. The number of phenolic OH excluding ortho intramolecular Hbond substituents is 1. The van der Waals surface area contributed by atoms with Crippen LogP contribution in [0.25, 0.3) is 0 Å². The molecule has 0 radical (unpaired) electrons. The van der Waals surface area contributed by atoms with Gasteiger partial charge in [0.2, 0.25) is 0 Å². The molecule has 0 aliphatic carbocycles. The van der Waals surface area contributed by atoms with Crippen LogP contribution in [0.15, 0.2) is 18.2 Å². The van der Waals surface area contributed by atoms with Crippen LogP contribution < -0.4 is 4.74 Å². The highest BCUT2D eigenvalue weighted by Crippen LogP contribution is 2.22. The highest BCUT2D eigenvalue weighted by molar-refractivity contribution is 5.80. The third kappa shape index (κ3) is 2.70. The summed E-state index contributed by atoms with van der Waals surface area (Å²) < 4.78 is 4.87. The topological polar surface area (TPSA) is 66.8 Å². The lowest BCUT2D eigenvalue weighted by Crippen LogP contribution is -2.25. The van der Waals surface area contributed by atoms with Gasteiger partial charge in [-0.25, -0.2) is 4.79 Å². The zero-order valence-corrected chi connectivity index (χ0v) is 8.43. The van der Waals surface area contributed by atoms with Gasteiger partial charge >= 0.3 is 6.09 Å². The summed E-state index contributed by atoms with van der Waals surface area (Å²) in [5.74, 6) is -0.0224. The van der Waals surface area contributed by atoms with Gasteiger partial charge in [-0.1, -0.05) is 0 Å². The average Bonchev–Trinajstić information content (AvgIpc) is 2.18. The Labute approximate surface area is 86.9 Å². The van der Waals surface area contributed by atoms with Crippen LogP contribution in [-0.4, -0.2) is 36.5 Å². The fraction of sp³-hybridized carbons (Fsp3) is 0.200. The molecular weight excluding hydrogens is 198 g/mol. The van der Waals surface area contributed by atoms with Crippen molar-refractivity contribution >= 4 is 12.4 Å². The number of aldehydes is 1. The van der Waals surface area contributed by atoms with Gasteiger partial charge in [-0.15, -0.1) is 0 Å². The van der Waals surface area contributed by atoms with E-state index in [2.05, 4.69) is 0 Å². The smallest absolute Gasteiger partial charge is 0.414 e. The maximum Gasteiger partial charge on any atom is 0.414 e. The predicted molar refractivity (Wildman–Crippen MR) is 53.2 cm³/mol. The Hall–Kier alpha value is -2.04. The summed E-state index contributed by atoms with van der Waals surface area (Å²) in [5.41, 5.74) is 0.152. The Morgan fingerprint density at radius 2 is 2.13 bits per heavy atom. The number of nitrogens with zero attached hydrogens (tertiary/aromatic N) is 1. The second-order valence-electron chi connectivity index (χ2n) is 3.10. The van der Waals surface area contributed by atoms with Gasteiger partial charge in [-0.05, 0) is 12.1 Å². The number of benzene rings is 1. The first-order valence-electron chi connectivity index (χ1n) is 4.22. The molecule has 0 spiro atoms. The third-order valence-corrected chi connectivity index (χ3v) is 1.70. The van der Waals surface area contributed by atoms with Crippen LogP contribution in [0, 0.1) is 0 Å². The number of hydrogen-bond acceptors (Lipinski definition) is 4. The number of carbonyl (C=O) groups excluding carboxylic acids is 2. The van der Waals surface area contributed by atoms with E-state index in [0.717, 1.165) is 0 Å². The van der Waals surface area contributed by atoms with Gasteiger partial charge in [-0.3, -0.25) is 4.79 Å². The third-order valence-electron chi connectivity index (χ3n) is 1.70. The molecule has 0 atom stereocenters. The lowest BCUT2D eigenvalue weighted by molar-refractivity contribution is 0.112. The van der Waals surface area contributed by atoms with Gasteiger partial charge in [0.25, 0.3) is 0 Å². The largest absolute Gasteiger partial charge is 0.507 e. The summed E-state index contributed by atoms with van der Waals surface area (Å²) in [6, 6.07) is 4.02. The van der Waals surface area contributed by atoms with Crippen molar-refractivity contribution in [1.29, 1.82) is 0 Å². The number of hydrogen-bond donors (Lipinski definition) is 1. The number of amides is 1. The van der Waals surface area contributed by atoms with E-state index in [1.165, 1.54) is 23.1 Å². The fourth-order valence-electron chi connectivity index (χ4n) is 0.879. The maximum atomic E-state index is 11.1. The van der Waals surface area contributed by atoms with E-state index in [4.69, 9.17) is 4.74 Å². The van der Waals surface area contributed by atoms with Gasteiger partial charge in [0.05, 0.1) is 5.56 Å². The normalized spacial score (nSPS) is 9.47. The van der Waals surface area contributed by atoms with Crippen molar-refractivity contribution in [3.63, 3.8) is 0 Å². The minimum atomic E-state index is -0.548. The van der Waals surface area contributed by atoms with E-state index in [1.54, 1.807) is 14.1 Å². The molecular formula is C10H11NO4. The summed E-state index contributed by atoms with van der Waals surface area (Å²) in [7, 11) is 3.09.